The van der Waals surface area contributed by atoms with E-state index in [1.165, 1.54) is 12.1 Å². The predicted molar refractivity (Wildman–Crippen MR) is 83.3 cm³/mol. The van der Waals surface area contributed by atoms with E-state index >= 15 is 0 Å². The molecule has 0 bridgehead atoms. The number of hydrogen-bond acceptors (Lipinski definition) is 5. The maximum absolute atomic E-state index is 10.9. The van der Waals surface area contributed by atoms with Crippen molar-refractivity contribution in [3.63, 3.8) is 0 Å². The van der Waals surface area contributed by atoms with Crippen LogP contribution in [0.5, 0.6) is 0 Å². The molecule has 1 aliphatic heterocycles. The van der Waals surface area contributed by atoms with Gasteiger partial charge < -0.3 is 5.32 Å². The van der Waals surface area contributed by atoms with E-state index in [2.05, 4.69) is 15.4 Å². The monoisotopic (exact) mass is 321 g/mol. The molecule has 0 aliphatic carbocycles. The van der Waals surface area contributed by atoms with E-state index in [4.69, 9.17) is 11.6 Å². The fourth-order valence-corrected chi connectivity index (χ4v) is 3.09. The fourth-order valence-electron chi connectivity index (χ4n) is 2.77. The molecule has 22 heavy (non-hydrogen) atoms. The second kappa shape index (κ2) is 5.57. The molecule has 2 aromatic rings. The van der Waals surface area contributed by atoms with Crippen LogP contribution in [0.25, 0.3) is 0 Å². The van der Waals surface area contributed by atoms with Gasteiger partial charge >= 0.3 is 0 Å². The van der Waals surface area contributed by atoms with Gasteiger partial charge in [0.1, 0.15) is 11.6 Å². The Kier molecular flexibility index (Phi) is 3.74. The number of nitro groups is 1. The molecule has 1 atom stereocenters. The summed E-state index contributed by atoms with van der Waals surface area (Å²) in [5, 5.41) is 19.0. The van der Waals surface area contributed by atoms with Crippen molar-refractivity contribution in [2.24, 2.45) is 0 Å². The quantitative estimate of drug-likeness (QED) is 0.694. The number of halogens is 1. The van der Waals surface area contributed by atoms with Gasteiger partial charge in [0.05, 0.1) is 22.2 Å². The highest BCUT2D eigenvalue weighted by atomic mass is 35.5. The van der Waals surface area contributed by atoms with Crippen molar-refractivity contribution in [1.29, 1.82) is 0 Å². The van der Waals surface area contributed by atoms with Gasteiger partial charge in [-0.3, -0.25) is 10.1 Å². The lowest BCUT2D eigenvalue weighted by molar-refractivity contribution is -0.384. The van der Waals surface area contributed by atoms with E-state index in [1.54, 1.807) is 0 Å². The number of aryl methyl sites for hydroxylation is 3. The Labute approximate surface area is 132 Å². The first-order valence-corrected chi connectivity index (χ1v) is 7.43. The van der Waals surface area contributed by atoms with Crippen molar-refractivity contribution in [1.82, 2.24) is 14.8 Å². The van der Waals surface area contributed by atoms with Crippen molar-refractivity contribution in [3.8, 4) is 0 Å². The summed E-state index contributed by atoms with van der Waals surface area (Å²) in [5.74, 6) is 1.78. The third-order valence-electron chi connectivity index (χ3n) is 3.80. The normalized spacial score (nSPS) is 17.1. The lowest BCUT2D eigenvalue weighted by atomic mass is 10.1. The molecule has 1 unspecified atom stereocenters. The smallest absolute Gasteiger partial charge is 0.271 e. The number of rotatable bonds is 3. The van der Waals surface area contributed by atoms with Gasteiger partial charge in [0.2, 0.25) is 0 Å². The Morgan fingerprint density at radius 3 is 2.91 bits per heavy atom. The van der Waals surface area contributed by atoms with Crippen LogP contribution in [0.15, 0.2) is 12.1 Å². The van der Waals surface area contributed by atoms with Gasteiger partial charge in [-0.1, -0.05) is 11.6 Å². The molecule has 0 spiro atoms. The summed E-state index contributed by atoms with van der Waals surface area (Å²) in [4.78, 5) is 14.8. The number of benzene rings is 1. The summed E-state index contributed by atoms with van der Waals surface area (Å²) in [5.41, 5.74) is 1.52. The average Bonchev–Trinajstić information content (AvgIpc) is 2.81. The molecule has 1 aromatic heterocycles. The largest absolute Gasteiger partial charge is 0.379 e. The van der Waals surface area contributed by atoms with Crippen molar-refractivity contribution in [3.05, 3.63) is 44.5 Å². The molecule has 0 fully saturated rings. The van der Waals surface area contributed by atoms with Gasteiger partial charge in [-0.2, -0.15) is 5.10 Å². The Morgan fingerprint density at radius 1 is 1.45 bits per heavy atom. The molecule has 1 aromatic carbocycles. The highest BCUT2D eigenvalue weighted by molar-refractivity contribution is 6.33. The van der Waals surface area contributed by atoms with E-state index < -0.39 is 4.92 Å². The molecule has 1 N–H and O–H groups in total. The van der Waals surface area contributed by atoms with Crippen LogP contribution in [0, 0.1) is 24.0 Å². The molecule has 3 rings (SSSR count). The number of fused-ring (bicyclic) bond motifs is 1. The minimum atomic E-state index is -0.437. The van der Waals surface area contributed by atoms with Crippen LogP contribution in [0.3, 0.4) is 0 Å². The highest BCUT2D eigenvalue weighted by Crippen LogP contribution is 2.32. The average molecular weight is 322 g/mol. The zero-order valence-corrected chi connectivity index (χ0v) is 13.1. The highest BCUT2D eigenvalue weighted by Gasteiger charge is 2.22. The zero-order chi connectivity index (χ0) is 15.9. The van der Waals surface area contributed by atoms with E-state index in [9.17, 15) is 10.1 Å². The van der Waals surface area contributed by atoms with Crippen LogP contribution in [0.2, 0.25) is 5.02 Å². The summed E-state index contributed by atoms with van der Waals surface area (Å²) < 4.78 is 1.91. The maximum atomic E-state index is 10.9. The minimum Gasteiger partial charge on any atom is -0.379 e. The fraction of sp³-hybridized carbons (Fsp3) is 0.429. The Balaban J connectivity index is 1.81. The molecule has 2 heterocycles. The Morgan fingerprint density at radius 2 is 2.23 bits per heavy atom. The Hall–Kier alpha value is -2.15. The number of nitro benzene ring substituents is 1. The first-order valence-electron chi connectivity index (χ1n) is 7.05. The number of nitrogens with zero attached hydrogens (tertiary/aromatic N) is 4. The van der Waals surface area contributed by atoms with E-state index in [-0.39, 0.29) is 11.7 Å². The molecule has 116 valence electrons. The number of aromatic nitrogens is 3. The molecule has 0 radical (unpaired) electrons. The van der Waals surface area contributed by atoms with Crippen molar-refractivity contribution < 1.29 is 4.92 Å². The number of hydrogen-bond donors (Lipinski definition) is 1. The zero-order valence-electron chi connectivity index (χ0n) is 12.3. The minimum absolute atomic E-state index is 0.00545. The van der Waals surface area contributed by atoms with Gasteiger partial charge in [-0.15, -0.1) is 0 Å². The third-order valence-corrected chi connectivity index (χ3v) is 4.09. The molecular weight excluding hydrogens is 306 g/mol. The molecule has 1 aliphatic rings. The van der Waals surface area contributed by atoms with Gasteiger partial charge in [0.25, 0.3) is 5.69 Å². The van der Waals surface area contributed by atoms with E-state index in [1.807, 2.05) is 18.5 Å². The molecule has 7 nitrogen and oxygen atoms in total. The second-order valence-electron chi connectivity index (χ2n) is 5.51. The van der Waals surface area contributed by atoms with Crippen molar-refractivity contribution in [2.75, 3.05) is 5.32 Å². The maximum Gasteiger partial charge on any atom is 0.271 e. The lowest BCUT2D eigenvalue weighted by Gasteiger charge is -2.25. The molecular formula is C14H16ClN5O2. The predicted octanol–water partition coefficient (Wildman–Crippen LogP) is 2.88. The topological polar surface area (TPSA) is 85.9 Å². The van der Waals surface area contributed by atoms with Gasteiger partial charge in [0.15, 0.2) is 0 Å². The van der Waals surface area contributed by atoms with Crippen LogP contribution in [-0.4, -0.2) is 25.7 Å². The summed E-state index contributed by atoms with van der Waals surface area (Å²) in [6.07, 6.45) is 1.77. The first kappa shape index (κ1) is 14.8. The van der Waals surface area contributed by atoms with E-state index in [0.717, 1.165) is 35.7 Å². The van der Waals surface area contributed by atoms with Crippen molar-refractivity contribution in [2.45, 2.75) is 39.3 Å². The van der Waals surface area contributed by atoms with Gasteiger partial charge in [-0.05, 0) is 25.8 Å². The molecule has 0 saturated heterocycles. The number of non-ortho nitro benzene ring substituents is 1. The van der Waals surface area contributed by atoms with E-state index in [0.29, 0.717) is 11.6 Å². The molecule has 8 heteroatoms. The summed E-state index contributed by atoms with van der Waals surface area (Å²) in [6.45, 7) is 4.41. The van der Waals surface area contributed by atoms with Crippen LogP contribution in [-0.2, 0) is 13.0 Å². The lowest BCUT2D eigenvalue weighted by Crippen LogP contribution is -2.32. The van der Waals surface area contributed by atoms with Gasteiger partial charge in [0, 0.05) is 24.6 Å². The standard InChI is InChI=1S/C14H16ClN5O2/c1-8-5-11(20(21)22)6-12(15)14(8)17-10-3-4-13-16-9(2)18-19(13)7-10/h5-6,10,17H,3-4,7H2,1-2H3. The summed E-state index contributed by atoms with van der Waals surface area (Å²) >= 11 is 6.20. The van der Waals surface area contributed by atoms with Crippen LogP contribution in [0.4, 0.5) is 11.4 Å². The third kappa shape index (κ3) is 2.76. The molecule has 0 saturated carbocycles. The number of nitrogens with one attached hydrogen (secondary N) is 1. The van der Waals surface area contributed by atoms with Crippen molar-refractivity contribution >= 4 is 23.0 Å². The van der Waals surface area contributed by atoms with Crippen LogP contribution in [0.1, 0.15) is 23.6 Å². The number of anilines is 1. The van der Waals surface area contributed by atoms with Crippen LogP contribution >= 0.6 is 11.6 Å². The Bertz CT molecular complexity index is 720. The second-order valence-corrected chi connectivity index (χ2v) is 5.92. The first-order chi connectivity index (χ1) is 10.4. The van der Waals surface area contributed by atoms with Gasteiger partial charge in [-0.25, -0.2) is 9.67 Å². The summed E-state index contributed by atoms with van der Waals surface area (Å²) in [6, 6.07) is 3.08. The SMILES string of the molecule is Cc1nc2n(n1)CC(Nc1c(C)cc([N+](=O)[O-])cc1Cl)CC2. The summed E-state index contributed by atoms with van der Waals surface area (Å²) in [7, 11) is 0. The molecule has 0 amide bonds. The van der Waals surface area contributed by atoms with Crippen LogP contribution < -0.4 is 5.32 Å².